The van der Waals surface area contributed by atoms with E-state index in [-0.39, 0.29) is 10.5 Å². The summed E-state index contributed by atoms with van der Waals surface area (Å²) >= 11 is 0. The Labute approximate surface area is 227 Å². The molecule has 0 amide bonds. The summed E-state index contributed by atoms with van der Waals surface area (Å²) in [7, 11) is 0. The highest BCUT2D eigenvalue weighted by Crippen LogP contribution is 2.31. The number of amidine groups is 4. The van der Waals surface area contributed by atoms with Crippen molar-refractivity contribution in [1.82, 2.24) is 5.43 Å². The first-order valence-corrected chi connectivity index (χ1v) is 12.3. The zero-order chi connectivity index (χ0) is 27.2. The van der Waals surface area contributed by atoms with Crippen molar-refractivity contribution >= 4 is 36.0 Å². The van der Waals surface area contributed by atoms with Gasteiger partial charge in [-0.1, -0.05) is 12.1 Å². The van der Waals surface area contributed by atoms with Gasteiger partial charge in [-0.05, 0) is 63.3 Å². The molecule has 4 aliphatic rings. The van der Waals surface area contributed by atoms with Crippen LogP contribution in [0.4, 0.5) is 0 Å². The van der Waals surface area contributed by atoms with Crippen LogP contribution in [0.25, 0.3) is 0 Å². The Bertz CT molecular complexity index is 1710. The highest BCUT2D eigenvalue weighted by Gasteiger charge is 2.45. The lowest BCUT2D eigenvalue weighted by Crippen LogP contribution is -2.52. The summed E-state index contributed by atoms with van der Waals surface area (Å²) in [5.41, 5.74) is 16.4. The molecule has 0 spiro atoms. The van der Waals surface area contributed by atoms with Gasteiger partial charge >= 0.3 is 5.82 Å². The average Bonchev–Trinajstić information content (AvgIpc) is 3.75. The molecule has 0 aliphatic carbocycles. The van der Waals surface area contributed by atoms with Gasteiger partial charge in [-0.3, -0.25) is 4.84 Å². The van der Waals surface area contributed by atoms with E-state index < -0.39 is 4.76 Å². The second-order valence-electron chi connectivity index (χ2n) is 9.07. The molecule has 5 N–H and O–H groups in total. The molecule has 0 fully saturated rings. The van der Waals surface area contributed by atoms with Crippen LogP contribution in [0.3, 0.4) is 0 Å². The van der Waals surface area contributed by atoms with Gasteiger partial charge in [0.25, 0.3) is 12.2 Å². The van der Waals surface area contributed by atoms with Crippen molar-refractivity contribution < 1.29 is 23.1 Å². The van der Waals surface area contributed by atoms with Crippen molar-refractivity contribution in [3.8, 4) is 5.75 Å². The maximum Gasteiger partial charge on any atom is 0.310 e. The maximum absolute atomic E-state index is 6.18. The van der Waals surface area contributed by atoms with E-state index in [1.807, 2.05) is 24.3 Å². The summed E-state index contributed by atoms with van der Waals surface area (Å²) in [6, 6.07) is 14.8. The van der Waals surface area contributed by atoms with E-state index in [2.05, 4.69) is 35.6 Å². The van der Waals surface area contributed by atoms with Gasteiger partial charge < -0.3 is 20.3 Å². The zero-order valence-corrected chi connectivity index (χ0v) is 21.0. The van der Waals surface area contributed by atoms with Crippen molar-refractivity contribution in [2.75, 3.05) is 6.54 Å². The quantitative estimate of drug-likeness (QED) is 0.371. The molecule has 0 saturated heterocycles. The maximum atomic E-state index is 6.18. The Balaban J connectivity index is 1.01. The van der Waals surface area contributed by atoms with Crippen molar-refractivity contribution in [3.63, 3.8) is 0 Å². The van der Waals surface area contributed by atoms with Gasteiger partial charge in [0.15, 0.2) is 28.9 Å². The lowest BCUT2D eigenvalue weighted by atomic mass is 10.1. The monoisotopic (exact) mass is 537 g/mol. The minimum absolute atomic E-state index is 0.119. The van der Waals surface area contributed by atoms with E-state index in [0.29, 0.717) is 59.4 Å². The van der Waals surface area contributed by atoms with Crippen molar-refractivity contribution in [2.24, 2.45) is 41.6 Å². The minimum atomic E-state index is -0.425. The largest absolute Gasteiger partial charge is 0.461 e. The van der Waals surface area contributed by atoms with Crippen molar-refractivity contribution in [1.29, 1.82) is 0 Å². The molecule has 4 aliphatic heterocycles. The Kier molecular flexibility index (Phi) is 5.38. The third-order valence-corrected chi connectivity index (χ3v) is 6.31. The number of quaternary nitrogens is 2. The lowest BCUT2D eigenvalue weighted by molar-refractivity contribution is -0.973. The molecule has 0 saturated carbocycles. The molecule has 0 bridgehead atoms. The highest BCUT2D eigenvalue weighted by molar-refractivity contribution is 6.04. The molecule has 0 radical (unpaired) electrons. The fourth-order valence-electron chi connectivity index (χ4n) is 4.44. The summed E-state index contributed by atoms with van der Waals surface area (Å²) in [4.78, 5) is 24.1. The number of aliphatic imine (C=N–C) groups is 4. The summed E-state index contributed by atoms with van der Waals surface area (Å²) in [5, 5.41) is 8.88. The Morgan fingerprint density at radius 2 is 1.43 bits per heavy atom. The smallest absolute Gasteiger partial charge is 0.310 e. The van der Waals surface area contributed by atoms with Gasteiger partial charge in [0.2, 0.25) is 18.0 Å². The minimum Gasteiger partial charge on any atom is -0.461 e. The predicted octanol–water partition coefficient (Wildman–Crippen LogP) is 2.08. The van der Waals surface area contributed by atoms with Crippen LogP contribution in [0.2, 0.25) is 0 Å². The summed E-state index contributed by atoms with van der Waals surface area (Å²) in [6.45, 7) is 0.566. The molecular formula is C26H23N11O3+2. The fourth-order valence-corrected chi connectivity index (χ4v) is 4.44. The molecule has 1 aromatic carbocycles. The van der Waals surface area contributed by atoms with E-state index in [9.17, 15) is 0 Å². The third kappa shape index (κ3) is 4.14. The molecule has 2 aromatic heterocycles. The second-order valence-corrected chi connectivity index (χ2v) is 9.07. The Hall–Kier alpha value is -5.44. The number of hydrogen-bond donors (Lipinski definition) is 3. The van der Waals surface area contributed by atoms with E-state index in [1.54, 1.807) is 55.3 Å². The number of furan rings is 2. The van der Waals surface area contributed by atoms with E-state index in [1.165, 1.54) is 6.34 Å². The van der Waals surface area contributed by atoms with Crippen LogP contribution in [0.15, 0.2) is 124 Å². The molecule has 7 rings (SSSR count). The third-order valence-electron chi connectivity index (χ3n) is 6.31. The predicted molar refractivity (Wildman–Crippen MR) is 146 cm³/mol. The number of hydrogen-bond acceptors (Lipinski definition) is 12. The number of nitrogens with two attached hydrogens (primary N) is 2. The Morgan fingerprint density at radius 1 is 0.775 bits per heavy atom. The molecule has 14 heteroatoms. The molecule has 2 unspecified atom stereocenters. The van der Waals surface area contributed by atoms with E-state index in [0.717, 1.165) is 5.56 Å². The molecule has 2 atom stereocenters. The van der Waals surface area contributed by atoms with Crippen LogP contribution in [-0.2, 0) is 6.42 Å². The van der Waals surface area contributed by atoms with Gasteiger partial charge in [0, 0.05) is 0 Å². The number of benzene rings is 1. The molecular weight excluding hydrogens is 514 g/mol. The van der Waals surface area contributed by atoms with Gasteiger partial charge in [0.05, 0.1) is 36.0 Å². The second kappa shape index (κ2) is 9.09. The first-order valence-electron chi connectivity index (χ1n) is 12.3. The average molecular weight is 538 g/mol. The molecule has 3 aromatic rings. The van der Waals surface area contributed by atoms with Crippen LogP contribution in [-0.4, -0.2) is 52.0 Å². The fraction of sp³-hybridized carbons (Fsp3) is 0.0769. The zero-order valence-electron chi connectivity index (χ0n) is 21.0. The van der Waals surface area contributed by atoms with Crippen LogP contribution >= 0.6 is 0 Å². The summed E-state index contributed by atoms with van der Waals surface area (Å²) in [6.07, 6.45) is 10.4. The first-order chi connectivity index (χ1) is 19.5. The van der Waals surface area contributed by atoms with Gasteiger partial charge in [0.1, 0.15) is 0 Å². The van der Waals surface area contributed by atoms with Crippen LogP contribution in [0, 0.1) is 0 Å². The number of hydroxylamine groups is 2. The SMILES string of the molecule is NC1=N[N+]2(NCCc3ccc(O[N+]45C=NC(c6ccco6)=NC4=CC(N)=N5)cc3)C=NC(c3ccco3)=NC2=C1. The van der Waals surface area contributed by atoms with Crippen LogP contribution in [0.1, 0.15) is 17.1 Å². The molecule has 6 heterocycles. The molecule has 40 heavy (non-hydrogen) atoms. The summed E-state index contributed by atoms with van der Waals surface area (Å²) in [5.74, 6) is 4.25. The van der Waals surface area contributed by atoms with E-state index in [4.69, 9.17) is 25.1 Å². The van der Waals surface area contributed by atoms with Crippen molar-refractivity contribution in [2.45, 2.75) is 6.42 Å². The number of nitrogens with one attached hydrogen (secondary N) is 1. The lowest BCUT2D eigenvalue weighted by Gasteiger charge is -2.25. The number of nitrogens with zero attached hydrogens (tertiary/aromatic N) is 8. The van der Waals surface area contributed by atoms with Gasteiger partial charge in [-0.25, -0.2) is 0 Å². The van der Waals surface area contributed by atoms with Crippen LogP contribution < -0.4 is 21.7 Å². The number of fused-ring (bicyclic) bond motifs is 2. The topological polar surface area (TPSA) is 174 Å². The van der Waals surface area contributed by atoms with Crippen LogP contribution in [0.5, 0.6) is 5.75 Å². The highest BCUT2D eigenvalue weighted by atomic mass is 16.8. The van der Waals surface area contributed by atoms with Crippen molar-refractivity contribution in [3.05, 3.63) is 102 Å². The Morgan fingerprint density at radius 3 is 2.12 bits per heavy atom. The first kappa shape index (κ1) is 23.7. The number of rotatable bonds is 8. The standard InChI is InChI=1S/C26H23N11O3/c27-21-13-23-32-25(19-3-1-11-38-19)29-15-36(23,34-21)31-10-9-17-5-7-18(8-6-17)40-37-16-30-26(20-4-2-12-39-20)33-24(37)14-22(28)35-37/h1-8,11-16,31H,9-10H2,(H2,27,34)(H2,28,35)/q+2. The normalized spacial score (nSPS) is 24.4. The van der Waals surface area contributed by atoms with E-state index >= 15 is 0 Å². The molecule has 14 nitrogen and oxygen atoms in total. The van der Waals surface area contributed by atoms with Gasteiger partial charge in [-0.15, -0.1) is 5.43 Å². The summed E-state index contributed by atoms with van der Waals surface area (Å²) < 4.78 is 10.3. The van der Waals surface area contributed by atoms with Gasteiger partial charge in [-0.2, -0.15) is 20.0 Å². The molecule has 198 valence electrons.